The van der Waals surface area contributed by atoms with Crippen LogP contribution < -0.4 is 5.73 Å². The van der Waals surface area contributed by atoms with Gasteiger partial charge in [-0.15, -0.1) is 0 Å². The number of hydrogen-bond donors (Lipinski definition) is 1. The standard InChI is InChI=1S/C11H24N2O3/c1-9(12)7-11(14)13(5-6-15-3)10(2)8-16-4/h9-10H,5-8,12H2,1-4H3. The zero-order chi connectivity index (χ0) is 12.6. The fraction of sp³-hybridized carbons (Fsp3) is 0.909. The first kappa shape index (κ1) is 15.3. The van der Waals surface area contributed by atoms with Gasteiger partial charge in [0.05, 0.1) is 19.3 Å². The van der Waals surface area contributed by atoms with Gasteiger partial charge >= 0.3 is 0 Å². The second kappa shape index (κ2) is 8.50. The molecule has 0 radical (unpaired) electrons. The van der Waals surface area contributed by atoms with Crippen LogP contribution in [0.3, 0.4) is 0 Å². The predicted octanol–water partition coefficient (Wildman–Crippen LogP) is 0.234. The lowest BCUT2D eigenvalue weighted by Crippen LogP contribution is -2.44. The SMILES string of the molecule is COCCN(C(=O)CC(C)N)C(C)COC. The van der Waals surface area contributed by atoms with E-state index in [1.165, 1.54) is 0 Å². The Labute approximate surface area is 97.9 Å². The third-order valence-electron chi connectivity index (χ3n) is 2.29. The van der Waals surface area contributed by atoms with Gasteiger partial charge < -0.3 is 20.1 Å². The number of methoxy groups -OCH3 is 2. The summed E-state index contributed by atoms with van der Waals surface area (Å²) in [5.74, 6) is 0.0524. The Morgan fingerprint density at radius 1 is 1.31 bits per heavy atom. The van der Waals surface area contributed by atoms with Crippen molar-refractivity contribution in [2.45, 2.75) is 32.4 Å². The maximum absolute atomic E-state index is 11.9. The predicted molar refractivity (Wildman–Crippen MR) is 63.2 cm³/mol. The van der Waals surface area contributed by atoms with Gasteiger partial charge in [0, 0.05) is 33.2 Å². The van der Waals surface area contributed by atoms with Crippen molar-refractivity contribution in [3.8, 4) is 0 Å². The molecule has 0 spiro atoms. The van der Waals surface area contributed by atoms with Crippen molar-refractivity contribution in [1.82, 2.24) is 4.90 Å². The van der Waals surface area contributed by atoms with Crippen molar-refractivity contribution < 1.29 is 14.3 Å². The van der Waals surface area contributed by atoms with E-state index in [0.29, 0.717) is 26.2 Å². The molecule has 0 aromatic heterocycles. The van der Waals surface area contributed by atoms with E-state index in [1.54, 1.807) is 19.1 Å². The largest absolute Gasteiger partial charge is 0.383 e. The number of ether oxygens (including phenoxy) is 2. The Balaban J connectivity index is 4.33. The fourth-order valence-corrected chi connectivity index (χ4v) is 1.50. The van der Waals surface area contributed by atoms with Crippen LogP contribution in [0, 0.1) is 0 Å². The highest BCUT2D eigenvalue weighted by molar-refractivity contribution is 5.77. The fourth-order valence-electron chi connectivity index (χ4n) is 1.50. The van der Waals surface area contributed by atoms with E-state index >= 15 is 0 Å². The van der Waals surface area contributed by atoms with Gasteiger partial charge in [0.2, 0.25) is 5.91 Å². The number of carbonyl (C=O) groups is 1. The summed E-state index contributed by atoms with van der Waals surface area (Å²) < 4.78 is 10.0. The molecule has 0 saturated carbocycles. The Morgan fingerprint density at radius 3 is 2.38 bits per heavy atom. The smallest absolute Gasteiger partial charge is 0.224 e. The molecule has 0 aromatic rings. The van der Waals surface area contributed by atoms with Crippen LogP contribution in [0.1, 0.15) is 20.3 Å². The summed E-state index contributed by atoms with van der Waals surface area (Å²) >= 11 is 0. The first-order chi connectivity index (χ1) is 7.52. The number of rotatable bonds is 8. The van der Waals surface area contributed by atoms with Crippen LogP contribution in [0.4, 0.5) is 0 Å². The van der Waals surface area contributed by atoms with Crippen molar-refractivity contribution in [2.24, 2.45) is 5.73 Å². The molecule has 0 aliphatic rings. The summed E-state index contributed by atoms with van der Waals surface area (Å²) in [5.41, 5.74) is 5.62. The first-order valence-electron chi connectivity index (χ1n) is 5.55. The molecule has 2 N–H and O–H groups in total. The quantitative estimate of drug-likeness (QED) is 0.651. The average Bonchev–Trinajstić information content (AvgIpc) is 2.17. The minimum Gasteiger partial charge on any atom is -0.383 e. The first-order valence-corrected chi connectivity index (χ1v) is 5.55. The minimum absolute atomic E-state index is 0.0476. The van der Waals surface area contributed by atoms with Gasteiger partial charge in [-0.05, 0) is 13.8 Å². The van der Waals surface area contributed by atoms with E-state index in [1.807, 2.05) is 13.8 Å². The number of amides is 1. The highest BCUT2D eigenvalue weighted by atomic mass is 16.5. The van der Waals surface area contributed by atoms with E-state index in [2.05, 4.69) is 0 Å². The molecule has 5 nitrogen and oxygen atoms in total. The molecule has 0 bridgehead atoms. The molecule has 0 saturated heterocycles. The van der Waals surface area contributed by atoms with E-state index in [0.717, 1.165) is 0 Å². The van der Waals surface area contributed by atoms with Gasteiger partial charge in [-0.3, -0.25) is 4.79 Å². The van der Waals surface area contributed by atoms with Gasteiger partial charge in [-0.25, -0.2) is 0 Å². The highest BCUT2D eigenvalue weighted by Gasteiger charge is 2.20. The topological polar surface area (TPSA) is 64.8 Å². The molecule has 0 rings (SSSR count). The third-order valence-corrected chi connectivity index (χ3v) is 2.29. The van der Waals surface area contributed by atoms with Crippen molar-refractivity contribution in [3.63, 3.8) is 0 Å². The monoisotopic (exact) mass is 232 g/mol. The lowest BCUT2D eigenvalue weighted by atomic mass is 10.2. The van der Waals surface area contributed by atoms with E-state index in [9.17, 15) is 4.79 Å². The van der Waals surface area contributed by atoms with E-state index in [-0.39, 0.29) is 18.0 Å². The number of carbonyl (C=O) groups excluding carboxylic acids is 1. The molecular weight excluding hydrogens is 208 g/mol. The minimum atomic E-state index is -0.118. The van der Waals surface area contributed by atoms with Gasteiger partial charge in [-0.1, -0.05) is 0 Å². The molecule has 2 atom stereocenters. The lowest BCUT2D eigenvalue weighted by Gasteiger charge is -2.29. The van der Waals surface area contributed by atoms with Crippen LogP contribution in [-0.4, -0.2) is 56.9 Å². The summed E-state index contributed by atoms with van der Waals surface area (Å²) in [4.78, 5) is 13.7. The number of nitrogens with zero attached hydrogens (tertiary/aromatic N) is 1. The molecule has 0 aromatic carbocycles. The Kier molecular flexibility index (Phi) is 8.15. The van der Waals surface area contributed by atoms with E-state index in [4.69, 9.17) is 15.2 Å². The lowest BCUT2D eigenvalue weighted by molar-refractivity contribution is -0.135. The van der Waals surface area contributed by atoms with Crippen LogP contribution in [0.5, 0.6) is 0 Å². The average molecular weight is 232 g/mol. The molecule has 0 aliphatic carbocycles. The van der Waals surface area contributed by atoms with Crippen LogP contribution in [0.15, 0.2) is 0 Å². The Bertz CT molecular complexity index is 198. The molecule has 5 heteroatoms. The molecule has 96 valence electrons. The molecule has 0 heterocycles. The van der Waals surface area contributed by atoms with Crippen molar-refractivity contribution >= 4 is 5.91 Å². The van der Waals surface area contributed by atoms with Crippen molar-refractivity contribution in [3.05, 3.63) is 0 Å². The molecule has 0 aliphatic heterocycles. The summed E-state index contributed by atoms with van der Waals surface area (Å²) in [6, 6.07) is -0.0707. The van der Waals surface area contributed by atoms with E-state index < -0.39 is 0 Å². The van der Waals surface area contributed by atoms with Crippen LogP contribution >= 0.6 is 0 Å². The van der Waals surface area contributed by atoms with Gasteiger partial charge in [0.15, 0.2) is 0 Å². The highest BCUT2D eigenvalue weighted by Crippen LogP contribution is 2.04. The van der Waals surface area contributed by atoms with Gasteiger partial charge in [0.1, 0.15) is 0 Å². The maximum Gasteiger partial charge on any atom is 0.224 e. The number of hydrogen-bond acceptors (Lipinski definition) is 4. The van der Waals surface area contributed by atoms with Crippen molar-refractivity contribution in [2.75, 3.05) is 34.0 Å². The zero-order valence-electron chi connectivity index (χ0n) is 10.7. The number of nitrogens with two attached hydrogens (primary N) is 1. The second-order valence-electron chi connectivity index (χ2n) is 4.07. The second-order valence-corrected chi connectivity index (χ2v) is 4.07. The summed E-state index contributed by atoms with van der Waals surface area (Å²) in [5, 5.41) is 0. The van der Waals surface area contributed by atoms with Crippen LogP contribution in [-0.2, 0) is 14.3 Å². The van der Waals surface area contributed by atoms with Crippen LogP contribution in [0.25, 0.3) is 0 Å². The van der Waals surface area contributed by atoms with Gasteiger partial charge in [-0.2, -0.15) is 0 Å². The summed E-state index contributed by atoms with van der Waals surface area (Å²) in [6.07, 6.45) is 0.359. The molecule has 16 heavy (non-hydrogen) atoms. The Hall–Kier alpha value is -0.650. The normalized spacial score (nSPS) is 14.6. The molecular formula is C11H24N2O3. The van der Waals surface area contributed by atoms with Crippen molar-refractivity contribution in [1.29, 1.82) is 0 Å². The maximum atomic E-state index is 11.9. The summed E-state index contributed by atoms with van der Waals surface area (Å²) in [6.45, 7) is 5.41. The molecule has 0 fully saturated rings. The molecule has 1 amide bonds. The molecule has 2 unspecified atom stereocenters. The Morgan fingerprint density at radius 2 is 1.94 bits per heavy atom. The zero-order valence-corrected chi connectivity index (χ0v) is 10.7. The summed E-state index contributed by atoms with van der Waals surface area (Å²) in [7, 11) is 3.25. The van der Waals surface area contributed by atoms with Crippen LogP contribution in [0.2, 0.25) is 0 Å². The van der Waals surface area contributed by atoms with Gasteiger partial charge in [0.25, 0.3) is 0 Å². The third kappa shape index (κ3) is 6.05.